The highest BCUT2D eigenvalue weighted by Gasteiger charge is 2.70. The van der Waals surface area contributed by atoms with Crippen molar-refractivity contribution >= 4 is 35.2 Å². The zero-order valence-corrected chi connectivity index (χ0v) is 35.1. The summed E-state index contributed by atoms with van der Waals surface area (Å²) in [5.41, 5.74) is 1.39. The molecular formula is C46H64ClNO6. The molecule has 8 heteroatoms. The third-order valence-corrected chi connectivity index (χ3v) is 16.5. The van der Waals surface area contributed by atoms with Gasteiger partial charge in [-0.1, -0.05) is 84.3 Å². The van der Waals surface area contributed by atoms with Crippen LogP contribution in [0.4, 0.5) is 0 Å². The van der Waals surface area contributed by atoms with E-state index in [-0.39, 0.29) is 63.8 Å². The Morgan fingerprint density at radius 2 is 1.63 bits per heavy atom. The number of fused-ring (bicyclic) bond motifs is 7. The second kappa shape index (κ2) is 13.9. The van der Waals surface area contributed by atoms with Gasteiger partial charge in [0, 0.05) is 22.3 Å². The van der Waals surface area contributed by atoms with Crippen LogP contribution in [0.3, 0.4) is 0 Å². The van der Waals surface area contributed by atoms with Crippen molar-refractivity contribution in [2.24, 2.45) is 56.2 Å². The molecule has 2 N–H and O–H groups in total. The molecule has 1 amide bonds. The summed E-state index contributed by atoms with van der Waals surface area (Å²) < 4.78 is 6.16. The van der Waals surface area contributed by atoms with E-state index in [2.05, 4.69) is 59.9 Å². The Bertz CT molecular complexity index is 1770. The number of carbonyl (C=O) groups is 4. The molecule has 0 radical (unpaired) electrons. The molecule has 6 rings (SSSR count). The van der Waals surface area contributed by atoms with E-state index >= 15 is 0 Å². The van der Waals surface area contributed by atoms with Crippen LogP contribution in [0.2, 0.25) is 5.02 Å². The van der Waals surface area contributed by atoms with E-state index < -0.39 is 22.8 Å². The molecule has 0 spiro atoms. The van der Waals surface area contributed by atoms with Crippen molar-refractivity contribution in [3.05, 3.63) is 58.1 Å². The molecule has 9 atom stereocenters. The number of benzene rings is 1. The number of amides is 1. The molecule has 4 saturated carbocycles. The zero-order chi connectivity index (χ0) is 39.8. The number of carbonyl (C=O) groups excluding carboxylic acids is 3. The van der Waals surface area contributed by atoms with Crippen molar-refractivity contribution in [2.45, 2.75) is 146 Å². The lowest BCUT2D eigenvalue weighted by molar-refractivity contribution is -0.232. The number of Topliss-reactive ketones (excluding diaryl/α,β-unsaturated/α-hetero) is 1. The average Bonchev–Trinajstić information content (AvgIpc) is 3.37. The van der Waals surface area contributed by atoms with Gasteiger partial charge in [-0.3, -0.25) is 19.2 Å². The Hall–Kier alpha value is -2.93. The summed E-state index contributed by atoms with van der Waals surface area (Å²) in [6, 6.07) is 7.32. The van der Waals surface area contributed by atoms with Gasteiger partial charge < -0.3 is 15.2 Å². The molecule has 3 unspecified atom stereocenters. The molecule has 0 heterocycles. The van der Waals surface area contributed by atoms with E-state index in [9.17, 15) is 24.3 Å². The molecule has 5 aliphatic carbocycles. The number of allylic oxidation sites excluding steroid dienone is 3. The van der Waals surface area contributed by atoms with Gasteiger partial charge in [0.15, 0.2) is 5.78 Å². The van der Waals surface area contributed by atoms with Crippen molar-refractivity contribution in [3.63, 3.8) is 0 Å². The van der Waals surface area contributed by atoms with Crippen LogP contribution in [0.25, 0.3) is 0 Å². The van der Waals surface area contributed by atoms with Crippen LogP contribution in [0, 0.1) is 56.2 Å². The third-order valence-electron chi connectivity index (χ3n) is 16.1. The zero-order valence-electron chi connectivity index (χ0n) is 34.4. The normalized spacial score (nSPS) is 36.6. The quantitative estimate of drug-likeness (QED) is 0.192. The van der Waals surface area contributed by atoms with E-state index in [1.54, 1.807) is 19.9 Å². The molecule has 0 bridgehead atoms. The smallest absolute Gasteiger partial charge is 0.309 e. The van der Waals surface area contributed by atoms with E-state index in [4.69, 9.17) is 16.3 Å². The van der Waals surface area contributed by atoms with Crippen molar-refractivity contribution in [3.8, 4) is 0 Å². The van der Waals surface area contributed by atoms with Crippen molar-refractivity contribution in [2.75, 3.05) is 0 Å². The van der Waals surface area contributed by atoms with Gasteiger partial charge in [0.2, 0.25) is 5.91 Å². The number of rotatable bonds is 9. The minimum absolute atomic E-state index is 0.0158. The van der Waals surface area contributed by atoms with Crippen LogP contribution >= 0.6 is 11.6 Å². The molecule has 1 aromatic rings. The van der Waals surface area contributed by atoms with Crippen LogP contribution in [-0.2, 0) is 23.9 Å². The summed E-state index contributed by atoms with van der Waals surface area (Å²) in [6.45, 7) is 21.5. The number of hydrogen-bond acceptors (Lipinski definition) is 5. The maximum Gasteiger partial charge on any atom is 0.309 e. The molecule has 5 aliphatic rings. The molecule has 0 aromatic heterocycles. The second-order valence-corrected chi connectivity index (χ2v) is 20.5. The molecule has 0 aliphatic heterocycles. The van der Waals surface area contributed by atoms with E-state index in [1.807, 2.05) is 31.2 Å². The first-order chi connectivity index (χ1) is 25.0. The maximum atomic E-state index is 14.0. The number of esters is 1. The summed E-state index contributed by atoms with van der Waals surface area (Å²) >= 11 is 6.44. The molecule has 296 valence electrons. The summed E-state index contributed by atoms with van der Waals surface area (Å²) in [4.78, 5) is 52.3. The third kappa shape index (κ3) is 6.40. The van der Waals surface area contributed by atoms with Gasteiger partial charge in [-0.15, -0.1) is 0 Å². The van der Waals surface area contributed by atoms with Crippen molar-refractivity contribution in [1.29, 1.82) is 0 Å². The molecular weight excluding hydrogens is 698 g/mol. The Morgan fingerprint density at radius 3 is 2.28 bits per heavy atom. The summed E-state index contributed by atoms with van der Waals surface area (Å²) in [6.07, 6.45) is 11.6. The number of aliphatic carboxylic acids is 1. The van der Waals surface area contributed by atoms with Crippen LogP contribution < -0.4 is 5.32 Å². The van der Waals surface area contributed by atoms with Crippen molar-refractivity contribution < 1.29 is 29.0 Å². The molecule has 7 nitrogen and oxygen atoms in total. The fourth-order valence-electron chi connectivity index (χ4n) is 13.1. The largest absolute Gasteiger partial charge is 0.481 e. The van der Waals surface area contributed by atoms with Crippen molar-refractivity contribution in [1.82, 2.24) is 5.32 Å². The summed E-state index contributed by atoms with van der Waals surface area (Å²) in [5, 5.41) is 13.3. The number of ether oxygens (including phenoxy) is 1. The van der Waals surface area contributed by atoms with Crippen LogP contribution in [0.5, 0.6) is 0 Å². The summed E-state index contributed by atoms with van der Waals surface area (Å²) in [7, 11) is 0. The molecule has 54 heavy (non-hydrogen) atoms. The first-order valence-electron chi connectivity index (χ1n) is 20.5. The lowest BCUT2D eigenvalue weighted by Gasteiger charge is -2.72. The van der Waals surface area contributed by atoms with Gasteiger partial charge in [0.05, 0.1) is 17.9 Å². The Balaban J connectivity index is 1.27. The van der Waals surface area contributed by atoms with Crippen LogP contribution in [-0.4, -0.2) is 34.8 Å². The number of ketones is 1. The maximum absolute atomic E-state index is 14.0. The van der Waals surface area contributed by atoms with E-state index in [0.29, 0.717) is 23.3 Å². The predicted octanol–water partition coefficient (Wildman–Crippen LogP) is 10.5. The predicted molar refractivity (Wildman–Crippen MR) is 212 cm³/mol. The summed E-state index contributed by atoms with van der Waals surface area (Å²) in [5.74, 6) is -0.151. The van der Waals surface area contributed by atoms with E-state index in [1.165, 1.54) is 5.57 Å². The minimum atomic E-state index is -1.17. The standard InChI is InChI=1S/C46H64ClNO6/c1-27(2)38-32(49)25-46(22-19-36(50)48-28(3)29-13-11-12-14-31(29)47)24-23-44(9)30(39(38)46)15-16-34-43(8)20-18-35(54-37(51)26-41(4,5)40(52)53)42(6,7)33(43)17-21-45(34,44)10/h11-14,19,22,27-28,30,33-35H,15-18,20-21,23-26H2,1-10H3,(H,48,50)(H,52,53)/b22-19+/t28-,30-,33?,34?,35+,43?,44-,45-,46+/m1/s1. The number of nitrogens with one attached hydrogen (secondary N) is 1. The van der Waals surface area contributed by atoms with Gasteiger partial charge in [0.1, 0.15) is 6.10 Å². The van der Waals surface area contributed by atoms with Gasteiger partial charge in [-0.25, -0.2) is 0 Å². The number of hydrogen-bond donors (Lipinski definition) is 2. The average molecular weight is 762 g/mol. The van der Waals surface area contributed by atoms with Crippen LogP contribution in [0.1, 0.15) is 145 Å². The number of halogens is 1. The fourth-order valence-corrected chi connectivity index (χ4v) is 13.4. The van der Waals surface area contributed by atoms with Gasteiger partial charge in [-0.05, 0) is 141 Å². The lowest BCUT2D eigenvalue weighted by Crippen LogP contribution is -2.65. The van der Waals surface area contributed by atoms with Gasteiger partial charge >= 0.3 is 11.9 Å². The number of carboxylic acids is 1. The Labute approximate surface area is 328 Å². The SMILES string of the molecule is CC(C)C1=C2[C@H]3CCC4C5(C)CC[C@H](OC(=O)CC(C)(C)C(=O)O)C(C)(C)C5CC[C@@]4(C)[C@]3(C)CC[C@@]2(/C=C/C(=O)N[C@H](C)c2ccccc2Cl)CC1=O. The van der Waals surface area contributed by atoms with Crippen LogP contribution in [0.15, 0.2) is 47.6 Å². The lowest BCUT2D eigenvalue weighted by atomic mass is 9.33. The molecule has 1 aromatic carbocycles. The molecule has 4 fully saturated rings. The Morgan fingerprint density at radius 1 is 0.944 bits per heavy atom. The number of carboxylic acid groups (broad SMARTS) is 1. The highest BCUT2D eigenvalue weighted by molar-refractivity contribution is 6.31. The Kier molecular flexibility index (Phi) is 10.5. The first kappa shape index (κ1) is 40.7. The second-order valence-electron chi connectivity index (χ2n) is 20.1. The van der Waals surface area contributed by atoms with Gasteiger partial charge in [-0.2, -0.15) is 0 Å². The minimum Gasteiger partial charge on any atom is -0.481 e. The highest BCUT2D eigenvalue weighted by atomic mass is 35.5. The highest BCUT2D eigenvalue weighted by Crippen LogP contribution is 2.77. The first-order valence-corrected chi connectivity index (χ1v) is 20.9. The van der Waals surface area contributed by atoms with Gasteiger partial charge in [0.25, 0.3) is 0 Å². The monoisotopic (exact) mass is 761 g/mol. The van der Waals surface area contributed by atoms with E-state index in [0.717, 1.165) is 62.5 Å². The fraction of sp³-hybridized carbons (Fsp3) is 0.696. The molecule has 0 saturated heterocycles. The topological polar surface area (TPSA) is 110 Å².